The summed E-state index contributed by atoms with van der Waals surface area (Å²) in [6.45, 7) is 2.18. The second-order valence-corrected chi connectivity index (χ2v) is 4.11. The van der Waals surface area contributed by atoms with Gasteiger partial charge in [0.25, 0.3) is 5.89 Å². The summed E-state index contributed by atoms with van der Waals surface area (Å²) in [5.41, 5.74) is 0.777. The van der Waals surface area contributed by atoms with Gasteiger partial charge in [0, 0.05) is 30.9 Å². The highest BCUT2D eigenvalue weighted by molar-refractivity contribution is 5.53. The highest BCUT2D eigenvalue weighted by Gasteiger charge is 2.22. The molecule has 1 aliphatic heterocycles. The molecule has 1 atom stereocenters. The number of methoxy groups -OCH3 is 1. The van der Waals surface area contributed by atoms with Crippen LogP contribution in [-0.2, 0) is 4.74 Å². The number of morpholine rings is 1. The first kappa shape index (κ1) is 12.1. The van der Waals surface area contributed by atoms with Crippen LogP contribution in [0.4, 0.5) is 0 Å². The van der Waals surface area contributed by atoms with E-state index >= 15 is 0 Å². The molecule has 1 saturated heterocycles. The molecule has 0 radical (unpaired) electrons. The molecule has 0 saturated carbocycles. The average Bonchev–Trinajstić information content (AvgIpc) is 2.98. The van der Waals surface area contributed by atoms with Crippen LogP contribution in [0.5, 0.6) is 5.88 Å². The lowest BCUT2D eigenvalue weighted by Crippen LogP contribution is -2.33. The van der Waals surface area contributed by atoms with E-state index in [1.165, 1.54) is 0 Å². The lowest BCUT2D eigenvalue weighted by atomic mass is 10.2. The van der Waals surface area contributed by atoms with E-state index < -0.39 is 0 Å². The minimum absolute atomic E-state index is 0.179. The number of rotatable bonds is 3. The van der Waals surface area contributed by atoms with E-state index in [9.17, 15) is 0 Å². The summed E-state index contributed by atoms with van der Waals surface area (Å²) in [6.07, 6.45) is 1.47. The second kappa shape index (κ2) is 5.33. The van der Waals surface area contributed by atoms with Crippen LogP contribution in [0, 0.1) is 0 Å². The fraction of sp³-hybridized carbons (Fsp3) is 0.417. The summed E-state index contributed by atoms with van der Waals surface area (Å²) >= 11 is 0. The molecule has 3 rings (SSSR count). The highest BCUT2D eigenvalue weighted by Crippen LogP contribution is 2.21. The Hall–Kier alpha value is -1.99. The van der Waals surface area contributed by atoms with Crippen molar-refractivity contribution in [1.82, 2.24) is 20.4 Å². The number of hydrogen-bond donors (Lipinski definition) is 1. The molecule has 1 unspecified atom stereocenters. The van der Waals surface area contributed by atoms with Gasteiger partial charge in [-0.3, -0.25) is 0 Å². The van der Waals surface area contributed by atoms with Crippen LogP contribution in [0.2, 0.25) is 0 Å². The van der Waals surface area contributed by atoms with Gasteiger partial charge in [-0.25, -0.2) is 4.98 Å². The third-order valence-electron chi connectivity index (χ3n) is 2.85. The monoisotopic (exact) mass is 262 g/mol. The van der Waals surface area contributed by atoms with Gasteiger partial charge in [-0.1, -0.05) is 5.16 Å². The van der Waals surface area contributed by atoms with Gasteiger partial charge < -0.3 is 19.3 Å². The number of pyridine rings is 1. The highest BCUT2D eigenvalue weighted by atomic mass is 16.5. The third kappa shape index (κ3) is 2.56. The Morgan fingerprint density at radius 2 is 2.37 bits per heavy atom. The summed E-state index contributed by atoms with van der Waals surface area (Å²) in [6, 6.07) is 3.59. The van der Waals surface area contributed by atoms with Crippen LogP contribution in [0.25, 0.3) is 11.4 Å². The molecular formula is C12H14N4O3. The largest absolute Gasteiger partial charge is 0.481 e. The second-order valence-electron chi connectivity index (χ2n) is 4.11. The van der Waals surface area contributed by atoms with Crippen molar-refractivity contribution >= 4 is 0 Å². The topological polar surface area (TPSA) is 82.3 Å². The molecule has 1 N–H and O–H groups in total. The molecule has 1 aliphatic rings. The van der Waals surface area contributed by atoms with E-state index in [-0.39, 0.29) is 6.10 Å². The first-order valence-corrected chi connectivity index (χ1v) is 6.03. The molecule has 100 valence electrons. The Labute approximate surface area is 109 Å². The van der Waals surface area contributed by atoms with Crippen molar-refractivity contribution in [3.05, 3.63) is 24.2 Å². The van der Waals surface area contributed by atoms with Gasteiger partial charge in [0.05, 0.1) is 13.7 Å². The summed E-state index contributed by atoms with van der Waals surface area (Å²) in [5, 5.41) is 7.16. The van der Waals surface area contributed by atoms with E-state index in [1.54, 1.807) is 19.4 Å². The summed E-state index contributed by atoms with van der Waals surface area (Å²) in [5.74, 6) is 1.53. The fourth-order valence-electron chi connectivity index (χ4n) is 1.84. The van der Waals surface area contributed by atoms with Crippen LogP contribution in [0.1, 0.15) is 12.0 Å². The maximum absolute atomic E-state index is 5.56. The maximum Gasteiger partial charge on any atom is 0.257 e. The van der Waals surface area contributed by atoms with E-state index in [4.69, 9.17) is 14.0 Å². The molecule has 2 aromatic rings. The van der Waals surface area contributed by atoms with Crippen molar-refractivity contribution in [3.63, 3.8) is 0 Å². The minimum atomic E-state index is -0.179. The van der Waals surface area contributed by atoms with Gasteiger partial charge in [0.15, 0.2) is 0 Å². The van der Waals surface area contributed by atoms with Crippen LogP contribution < -0.4 is 10.1 Å². The molecule has 7 heteroatoms. The third-order valence-corrected chi connectivity index (χ3v) is 2.85. The van der Waals surface area contributed by atoms with Crippen LogP contribution in [-0.4, -0.2) is 41.9 Å². The molecule has 2 aromatic heterocycles. The Balaban J connectivity index is 1.79. The van der Waals surface area contributed by atoms with Crippen molar-refractivity contribution < 1.29 is 14.0 Å². The van der Waals surface area contributed by atoms with Crippen molar-refractivity contribution in [2.24, 2.45) is 0 Å². The van der Waals surface area contributed by atoms with Crippen molar-refractivity contribution in [1.29, 1.82) is 0 Å². The lowest BCUT2D eigenvalue weighted by molar-refractivity contribution is 0.00755. The summed E-state index contributed by atoms with van der Waals surface area (Å²) in [4.78, 5) is 8.44. The molecular weight excluding hydrogens is 248 g/mol. The molecule has 0 amide bonds. The quantitative estimate of drug-likeness (QED) is 0.876. The maximum atomic E-state index is 5.56. The molecule has 0 aliphatic carbocycles. The SMILES string of the molecule is COc1ccc(-c2noc(C3CNCCO3)n2)cn1. The van der Waals surface area contributed by atoms with Gasteiger partial charge in [0.1, 0.15) is 6.10 Å². The number of ether oxygens (including phenoxy) is 2. The number of nitrogens with zero attached hydrogens (tertiary/aromatic N) is 3. The lowest BCUT2D eigenvalue weighted by Gasteiger charge is -2.19. The Morgan fingerprint density at radius 3 is 3.05 bits per heavy atom. The molecule has 1 fully saturated rings. The summed E-state index contributed by atoms with van der Waals surface area (Å²) in [7, 11) is 1.57. The molecule has 0 bridgehead atoms. The zero-order valence-electron chi connectivity index (χ0n) is 10.5. The minimum Gasteiger partial charge on any atom is -0.481 e. The molecule has 19 heavy (non-hydrogen) atoms. The number of hydrogen-bond acceptors (Lipinski definition) is 7. The van der Waals surface area contributed by atoms with Crippen LogP contribution in [0.15, 0.2) is 22.9 Å². The smallest absolute Gasteiger partial charge is 0.257 e. The normalized spacial score (nSPS) is 19.3. The Kier molecular flexibility index (Phi) is 3.39. The van der Waals surface area contributed by atoms with Crippen molar-refractivity contribution in [3.8, 4) is 17.3 Å². The van der Waals surface area contributed by atoms with Gasteiger partial charge in [-0.15, -0.1) is 0 Å². The predicted molar refractivity (Wildman–Crippen MR) is 65.6 cm³/mol. The van der Waals surface area contributed by atoms with E-state index in [2.05, 4.69) is 20.4 Å². The Morgan fingerprint density at radius 1 is 1.42 bits per heavy atom. The van der Waals surface area contributed by atoms with Crippen molar-refractivity contribution in [2.45, 2.75) is 6.10 Å². The number of nitrogens with one attached hydrogen (secondary N) is 1. The Bertz CT molecular complexity index is 534. The van der Waals surface area contributed by atoms with E-state index in [0.717, 1.165) is 12.1 Å². The standard InChI is InChI=1S/C12H14N4O3/c1-17-10-3-2-8(6-14-10)11-15-12(19-16-11)9-7-13-4-5-18-9/h2-3,6,9,13H,4-5,7H2,1H3. The van der Waals surface area contributed by atoms with Gasteiger partial charge >= 0.3 is 0 Å². The predicted octanol–water partition coefficient (Wildman–Crippen LogP) is 0.801. The van der Waals surface area contributed by atoms with Gasteiger partial charge in [-0.2, -0.15) is 4.98 Å². The first-order valence-electron chi connectivity index (χ1n) is 6.03. The van der Waals surface area contributed by atoms with E-state index in [1.807, 2.05) is 6.07 Å². The van der Waals surface area contributed by atoms with Gasteiger partial charge in [0.2, 0.25) is 11.7 Å². The van der Waals surface area contributed by atoms with Crippen molar-refractivity contribution in [2.75, 3.05) is 26.8 Å². The zero-order chi connectivity index (χ0) is 13.1. The first-order chi connectivity index (χ1) is 9.36. The van der Waals surface area contributed by atoms with E-state index in [0.29, 0.717) is 30.7 Å². The summed E-state index contributed by atoms with van der Waals surface area (Å²) < 4.78 is 15.8. The molecule has 7 nitrogen and oxygen atoms in total. The molecule has 3 heterocycles. The van der Waals surface area contributed by atoms with Gasteiger partial charge in [-0.05, 0) is 6.07 Å². The average molecular weight is 262 g/mol. The molecule has 0 spiro atoms. The molecule has 0 aromatic carbocycles. The number of aromatic nitrogens is 3. The van der Waals surface area contributed by atoms with Crippen LogP contribution >= 0.6 is 0 Å². The fourth-order valence-corrected chi connectivity index (χ4v) is 1.84. The zero-order valence-corrected chi connectivity index (χ0v) is 10.5. The van der Waals surface area contributed by atoms with Crippen LogP contribution in [0.3, 0.4) is 0 Å².